The molecule has 3 rings (SSSR count). The highest BCUT2D eigenvalue weighted by atomic mass is 16.5. The molecular weight excluding hydrogens is 356 g/mol. The number of fused-ring (bicyclic) bond motifs is 1. The molecule has 1 aliphatic heterocycles. The molecule has 5 nitrogen and oxygen atoms in total. The van der Waals surface area contributed by atoms with Crippen molar-refractivity contribution < 1.29 is 23.7 Å². The van der Waals surface area contributed by atoms with Crippen LogP contribution in [0.3, 0.4) is 0 Å². The lowest BCUT2D eigenvalue weighted by Crippen LogP contribution is -2.27. The standard InChI is InChI=1S/C23H26O5/c1-6-27-20-14-22(26-5)21(25-4)13-17(20)12-18(24)15-7-8-19-16(11-15)9-10-23(2,3)28-19/h7-11,13-14H,6,12H2,1-5H3. The van der Waals surface area contributed by atoms with E-state index in [2.05, 4.69) is 0 Å². The fraction of sp³-hybridized carbons (Fsp3) is 0.348. The van der Waals surface area contributed by atoms with Crippen LogP contribution in [-0.2, 0) is 6.42 Å². The molecule has 0 aromatic heterocycles. The Labute approximate surface area is 165 Å². The number of Topliss-reactive ketones (excluding diaryl/α,β-unsaturated/α-hetero) is 1. The van der Waals surface area contributed by atoms with Crippen LogP contribution in [0.4, 0.5) is 0 Å². The molecular formula is C23H26O5. The van der Waals surface area contributed by atoms with Gasteiger partial charge in [0.15, 0.2) is 17.3 Å². The SMILES string of the molecule is CCOc1cc(OC)c(OC)cc1CC(=O)c1ccc2c(c1)C=CC(C)(C)O2. The van der Waals surface area contributed by atoms with E-state index in [1.54, 1.807) is 32.4 Å². The fourth-order valence-corrected chi connectivity index (χ4v) is 3.16. The van der Waals surface area contributed by atoms with E-state index in [0.717, 1.165) is 16.9 Å². The normalized spacial score (nSPS) is 14.0. The van der Waals surface area contributed by atoms with Crippen molar-refractivity contribution >= 4 is 11.9 Å². The van der Waals surface area contributed by atoms with Crippen molar-refractivity contribution in [1.82, 2.24) is 0 Å². The first-order chi connectivity index (χ1) is 13.4. The topological polar surface area (TPSA) is 54.0 Å². The van der Waals surface area contributed by atoms with Crippen LogP contribution < -0.4 is 18.9 Å². The van der Waals surface area contributed by atoms with Crippen LogP contribution in [0, 0.1) is 0 Å². The zero-order chi connectivity index (χ0) is 20.3. The number of methoxy groups -OCH3 is 2. The number of rotatable bonds is 7. The van der Waals surface area contributed by atoms with Gasteiger partial charge in [0.05, 0.1) is 20.8 Å². The van der Waals surface area contributed by atoms with E-state index in [-0.39, 0.29) is 17.8 Å². The molecule has 1 aliphatic rings. The summed E-state index contributed by atoms with van der Waals surface area (Å²) in [6.45, 7) is 6.39. The van der Waals surface area contributed by atoms with Gasteiger partial charge in [-0.1, -0.05) is 6.08 Å². The molecule has 0 fully saturated rings. The molecule has 2 aromatic rings. The number of ketones is 1. The fourth-order valence-electron chi connectivity index (χ4n) is 3.16. The summed E-state index contributed by atoms with van der Waals surface area (Å²) in [5.74, 6) is 2.54. The van der Waals surface area contributed by atoms with Crippen LogP contribution in [-0.4, -0.2) is 32.2 Å². The van der Waals surface area contributed by atoms with E-state index >= 15 is 0 Å². The number of carbonyl (C=O) groups excluding carboxylic acids is 1. The minimum atomic E-state index is -0.343. The molecule has 0 atom stereocenters. The minimum absolute atomic E-state index is 0.00536. The van der Waals surface area contributed by atoms with E-state index in [4.69, 9.17) is 18.9 Å². The maximum absolute atomic E-state index is 12.9. The highest BCUT2D eigenvalue weighted by molar-refractivity contribution is 5.98. The summed E-state index contributed by atoms with van der Waals surface area (Å²) in [6, 6.07) is 9.08. The lowest BCUT2D eigenvalue weighted by molar-refractivity contribution is 0.0991. The molecule has 2 aromatic carbocycles. The van der Waals surface area contributed by atoms with Crippen molar-refractivity contribution in [3.05, 3.63) is 53.1 Å². The second kappa shape index (κ2) is 7.97. The second-order valence-corrected chi connectivity index (χ2v) is 7.14. The number of hydrogen-bond acceptors (Lipinski definition) is 5. The third-order valence-electron chi connectivity index (χ3n) is 4.59. The predicted octanol–water partition coefficient (Wildman–Crippen LogP) is 4.71. The van der Waals surface area contributed by atoms with Crippen LogP contribution in [0.2, 0.25) is 0 Å². The zero-order valence-electron chi connectivity index (χ0n) is 17.0. The number of carbonyl (C=O) groups is 1. The molecule has 1 heterocycles. The Morgan fingerprint density at radius 2 is 1.75 bits per heavy atom. The average molecular weight is 382 g/mol. The van der Waals surface area contributed by atoms with Crippen LogP contribution in [0.15, 0.2) is 36.4 Å². The smallest absolute Gasteiger partial charge is 0.167 e. The van der Waals surface area contributed by atoms with Gasteiger partial charge in [-0.3, -0.25) is 4.79 Å². The predicted molar refractivity (Wildman–Crippen MR) is 109 cm³/mol. The summed E-state index contributed by atoms with van der Waals surface area (Å²) in [6.07, 6.45) is 4.19. The lowest BCUT2D eigenvalue weighted by Gasteiger charge is -2.28. The van der Waals surface area contributed by atoms with Gasteiger partial charge in [-0.2, -0.15) is 0 Å². The molecule has 0 spiro atoms. The van der Waals surface area contributed by atoms with Gasteiger partial charge >= 0.3 is 0 Å². The van der Waals surface area contributed by atoms with E-state index in [1.165, 1.54) is 0 Å². The lowest BCUT2D eigenvalue weighted by atomic mass is 9.97. The molecule has 0 aliphatic carbocycles. The largest absolute Gasteiger partial charge is 0.493 e. The van der Waals surface area contributed by atoms with E-state index in [0.29, 0.717) is 29.4 Å². The molecule has 0 bridgehead atoms. The first-order valence-electron chi connectivity index (χ1n) is 9.30. The summed E-state index contributed by atoms with van der Waals surface area (Å²) in [7, 11) is 3.14. The number of benzene rings is 2. The average Bonchev–Trinajstić information content (AvgIpc) is 2.67. The Hall–Kier alpha value is -2.95. The molecule has 0 unspecified atom stereocenters. The monoisotopic (exact) mass is 382 g/mol. The van der Waals surface area contributed by atoms with Gasteiger partial charge in [0.2, 0.25) is 0 Å². The Morgan fingerprint density at radius 3 is 2.43 bits per heavy atom. The van der Waals surface area contributed by atoms with Crippen LogP contribution >= 0.6 is 0 Å². The van der Waals surface area contributed by atoms with Crippen molar-refractivity contribution in [2.24, 2.45) is 0 Å². The van der Waals surface area contributed by atoms with Crippen molar-refractivity contribution in [2.45, 2.75) is 32.8 Å². The second-order valence-electron chi connectivity index (χ2n) is 7.14. The summed E-state index contributed by atoms with van der Waals surface area (Å²) in [5.41, 5.74) is 1.95. The summed E-state index contributed by atoms with van der Waals surface area (Å²) < 4.78 is 22.3. The Kier molecular flexibility index (Phi) is 5.63. The van der Waals surface area contributed by atoms with Gasteiger partial charge in [-0.15, -0.1) is 0 Å². The molecule has 0 N–H and O–H groups in total. The molecule has 5 heteroatoms. The third kappa shape index (κ3) is 4.14. The van der Waals surface area contributed by atoms with Crippen molar-refractivity contribution in [3.8, 4) is 23.0 Å². The van der Waals surface area contributed by atoms with E-state index < -0.39 is 0 Å². The minimum Gasteiger partial charge on any atom is -0.493 e. The number of ether oxygens (including phenoxy) is 4. The van der Waals surface area contributed by atoms with Gasteiger partial charge in [0, 0.05) is 29.2 Å². The van der Waals surface area contributed by atoms with Gasteiger partial charge in [0.25, 0.3) is 0 Å². The number of hydrogen-bond donors (Lipinski definition) is 0. The first kappa shape index (κ1) is 19.8. The quantitative estimate of drug-likeness (QED) is 0.649. The van der Waals surface area contributed by atoms with Crippen molar-refractivity contribution in [1.29, 1.82) is 0 Å². The highest BCUT2D eigenvalue weighted by Crippen LogP contribution is 2.36. The zero-order valence-corrected chi connectivity index (χ0v) is 17.0. The summed E-state index contributed by atoms with van der Waals surface area (Å²) in [5, 5.41) is 0. The maximum atomic E-state index is 12.9. The van der Waals surface area contributed by atoms with Gasteiger partial charge in [-0.05, 0) is 51.1 Å². The Balaban J connectivity index is 1.89. The van der Waals surface area contributed by atoms with Gasteiger partial charge < -0.3 is 18.9 Å². The van der Waals surface area contributed by atoms with Crippen LogP contribution in [0.1, 0.15) is 42.3 Å². The Morgan fingerprint density at radius 1 is 1.04 bits per heavy atom. The third-order valence-corrected chi connectivity index (χ3v) is 4.59. The van der Waals surface area contributed by atoms with E-state index in [9.17, 15) is 4.79 Å². The molecule has 28 heavy (non-hydrogen) atoms. The van der Waals surface area contributed by atoms with Crippen molar-refractivity contribution in [3.63, 3.8) is 0 Å². The van der Waals surface area contributed by atoms with E-state index in [1.807, 2.05) is 45.1 Å². The van der Waals surface area contributed by atoms with Crippen molar-refractivity contribution in [2.75, 3.05) is 20.8 Å². The Bertz CT molecular complexity index is 911. The summed E-state index contributed by atoms with van der Waals surface area (Å²) in [4.78, 5) is 12.9. The summed E-state index contributed by atoms with van der Waals surface area (Å²) >= 11 is 0. The first-order valence-corrected chi connectivity index (χ1v) is 9.30. The van der Waals surface area contributed by atoms with Crippen LogP contribution in [0.25, 0.3) is 6.08 Å². The maximum Gasteiger partial charge on any atom is 0.167 e. The van der Waals surface area contributed by atoms with Gasteiger partial charge in [-0.25, -0.2) is 0 Å². The van der Waals surface area contributed by atoms with Crippen LogP contribution in [0.5, 0.6) is 23.0 Å². The molecule has 0 radical (unpaired) electrons. The molecule has 148 valence electrons. The highest BCUT2D eigenvalue weighted by Gasteiger charge is 2.23. The molecule has 0 amide bonds. The molecule has 0 saturated heterocycles. The molecule has 0 saturated carbocycles. The van der Waals surface area contributed by atoms with Gasteiger partial charge in [0.1, 0.15) is 17.1 Å².